The molecule has 0 spiro atoms. The monoisotopic (exact) mass is 191 g/mol. The number of aliphatic hydroxyl groups is 1. The van der Waals surface area contributed by atoms with Crippen LogP contribution in [0.1, 0.15) is 16.8 Å². The van der Waals surface area contributed by atoms with E-state index in [1.54, 1.807) is 17.0 Å². The van der Waals surface area contributed by atoms with Gasteiger partial charge in [0.15, 0.2) is 0 Å². The maximum atomic E-state index is 11.8. The highest BCUT2D eigenvalue weighted by Crippen LogP contribution is 2.12. The Bertz CT molecular complexity index is 323. The minimum Gasteiger partial charge on any atom is -0.391 e. The molecular weight excluding hydrogens is 178 g/mol. The number of amides is 1. The normalized spacial score (nSPS) is 21.2. The molecule has 0 bridgehead atoms. The smallest absolute Gasteiger partial charge is 0.253 e. The fraction of sp³-hybridized carbons (Fsp3) is 0.364. The minimum absolute atomic E-state index is 0.0159. The van der Waals surface area contributed by atoms with Crippen molar-refractivity contribution in [3.8, 4) is 0 Å². The number of β-amino-alcohol motifs (C(OH)–C–C–N with tert-alkyl or cyclic N) is 1. The second-order valence-corrected chi connectivity index (χ2v) is 3.56. The fourth-order valence-electron chi connectivity index (χ4n) is 1.69. The average Bonchev–Trinajstić information content (AvgIpc) is 2.65. The Morgan fingerprint density at radius 3 is 2.64 bits per heavy atom. The van der Waals surface area contributed by atoms with Crippen LogP contribution in [0.2, 0.25) is 0 Å². The van der Waals surface area contributed by atoms with E-state index in [-0.39, 0.29) is 12.0 Å². The van der Waals surface area contributed by atoms with Gasteiger partial charge in [-0.3, -0.25) is 4.79 Å². The van der Waals surface area contributed by atoms with E-state index < -0.39 is 0 Å². The average molecular weight is 191 g/mol. The van der Waals surface area contributed by atoms with E-state index in [1.165, 1.54) is 0 Å². The van der Waals surface area contributed by atoms with Gasteiger partial charge in [-0.15, -0.1) is 0 Å². The van der Waals surface area contributed by atoms with Crippen LogP contribution >= 0.6 is 0 Å². The van der Waals surface area contributed by atoms with Gasteiger partial charge in [0.25, 0.3) is 5.91 Å². The van der Waals surface area contributed by atoms with Crippen LogP contribution in [0, 0.1) is 0 Å². The highest BCUT2D eigenvalue weighted by Gasteiger charge is 2.24. The number of hydrogen-bond acceptors (Lipinski definition) is 2. The van der Waals surface area contributed by atoms with Crippen molar-refractivity contribution >= 4 is 5.91 Å². The largest absolute Gasteiger partial charge is 0.391 e. The van der Waals surface area contributed by atoms with Crippen LogP contribution in [-0.2, 0) is 0 Å². The molecular formula is C11H13NO2. The summed E-state index contributed by atoms with van der Waals surface area (Å²) in [5.74, 6) is 0.0159. The number of likely N-dealkylation sites (tertiary alicyclic amines) is 1. The topological polar surface area (TPSA) is 40.5 Å². The molecule has 3 heteroatoms. The SMILES string of the molecule is O=C(c1ccccc1)N1CCC(O)C1. The van der Waals surface area contributed by atoms with Crippen molar-refractivity contribution in [1.82, 2.24) is 4.90 Å². The molecule has 1 amide bonds. The molecule has 1 aliphatic rings. The Morgan fingerprint density at radius 2 is 2.07 bits per heavy atom. The first-order valence-corrected chi connectivity index (χ1v) is 4.80. The van der Waals surface area contributed by atoms with Gasteiger partial charge >= 0.3 is 0 Å². The van der Waals surface area contributed by atoms with E-state index in [4.69, 9.17) is 0 Å². The first-order valence-electron chi connectivity index (χ1n) is 4.80. The van der Waals surface area contributed by atoms with Crippen molar-refractivity contribution in [2.45, 2.75) is 12.5 Å². The van der Waals surface area contributed by atoms with Crippen molar-refractivity contribution < 1.29 is 9.90 Å². The number of rotatable bonds is 1. The Balaban J connectivity index is 2.10. The molecule has 74 valence electrons. The Labute approximate surface area is 83.0 Å². The van der Waals surface area contributed by atoms with Gasteiger partial charge < -0.3 is 10.0 Å². The summed E-state index contributed by atoms with van der Waals surface area (Å²) in [7, 11) is 0. The Hall–Kier alpha value is -1.35. The summed E-state index contributed by atoms with van der Waals surface area (Å²) < 4.78 is 0. The van der Waals surface area contributed by atoms with Crippen molar-refractivity contribution in [3.05, 3.63) is 35.9 Å². The molecule has 1 atom stereocenters. The first kappa shape index (κ1) is 9.21. The first-order chi connectivity index (χ1) is 6.77. The van der Waals surface area contributed by atoms with Crippen molar-refractivity contribution in [3.63, 3.8) is 0 Å². The zero-order valence-corrected chi connectivity index (χ0v) is 7.89. The zero-order valence-electron chi connectivity index (χ0n) is 7.89. The predicted octanol–water partition coefficient (Wildman–Crippen LogP) is 0.893. The van der Waals surface area contributed by atoms with Crippen molar-refractivity contribution in [2.75, 3.05) is 13.1 Å². The summed E-state index contributed by atoms with van der Waals surface area (Å²) in [5, 5.41) is 9.30. The van der Waals surface area contributed by atoms with Gasteiger partial charge in [0.2, 0.25) is 0 Å². The van der Waals surface area contributed by atoms with Gasteiger partial charge in [0.05, 0.1) is 6.10 Å². The fourth-order valence-corrected chi connectivity index (χ4v) is 1.69. The molecule has 0 saturated carbocycles. The standard InChI is InChI=1S/C11H13NO2/c13-10-6-7-12(8-10)11(14)9-4-2-1-3-5-9/h1-5,10,13H,6-8H2. The lowest BCUT2D eigenvalue weighted by atomic mass is 10.2. The molecule has 1 unspecified atom stereocenters. The van der Waals surface area contributed by atoms with Crippen molar-refractivity contribution in [2.24, 2.45) is 0 Å². The molecule has 1 fully saturated rings. The summed E-state index contributed by atoms with van der Waals surface area (Å²) in [6, 6.07) is 9.18. The van der Waals surface area contributed by atoms with Crippen LogP contribution in [-0.4, -0.2) is 35.1 Å². The summed E-state index contributed by atoms with van der Waals surface area (Å²) in [6.07, 6.45) is 0.348. The number of benzene rings is 1. The lowest BCUT2D eigenvalue weighted by Crippen LogP contribution is -2.29. The molecule has 1 aliphatic heterocycles. The quantitative estimate of drug-likeness (QED) is 0.716. The molecule has 2 rings (SSSR count). The molecule has 14 heavy (non-hydrogen) atoms. The highest BCUT2D eigenvalue weighted by atomic mass is 16.3. The molecule has 0 aromatic heterocycles. The maximum Gasteiger partial charge on any atom is 0.253 e. The second-order valence-electron chi connectivity index (χ2n) is 3.56. The zero-order chi connectivity index (χ0) is 9.97. The predicted molar refractivity (Wildman–Crippen MR) is 53.0 cm³/mol. The van der Waals surface area contributed by atoms with Gasteiger partial charge in [-0.1, -0.05) is 18.2 Å². The lowest BCUT2D eigenvalue weighted by Gasteiger charge is -2.15. The number of aliphatic hydroxyl groups excluding tert-OH is 1. The molecule has 0 radical (unpaired) electrons. The van der Waals surface area contributed by atoms with Gasteiger partial charge in [0.1, 0.15) is 0 Å². The molecule has 1 aromatic carbocycles. The van der Waals surface area contributed by atoms with Crippen LogP contribution in [0.25, 0.3) is 0 Å². The van der Waals surface area contributed by atoms with Gasteiger partial charge in [-0.2, -0.15) is 0 Å². The van der Waals surface area contributed by atoms with E-state index in [9.17, 15) is 9.90 Å². The molecule has 1 aromatic rings. The number of carbonyl (C=O) groups excluding carboxylic acids is 1. The molecule has 0 aliphatic carbocycles. The third-order valence-electron chi connectivity index (χ3n) is 2.47. The number of carbonyl (C=O) groups is 1. The van der Waals surface area contributed by atoms with Crippen LogP contribution in [0.3, 0.4) is 0 Å². The molecule has 3 nitrogen and oxygen atoms in total. The Kier molecular flexibility index (Phi) is 2.50. The third kappa shape index (κ3) is 1.77. The summed E-state index contributed by atoms with van der Waals surface area (Å²) >= 11 is 0. The summed E-state index contributed by atoms with van der Waals surface area (Å²) in [6.45, 7) is 1.13. The minimum atomic E-state index is -0.345. The van der Waals surface area contributed by atoms with Crippen LogP contribution in [0.4, 0.5) is 0 Å². The van der Waals surface area contributed by atoms with E-state index in [0.717, 1.165) is 0 Å². The van der Waals surface area contributed by atoms with E-state index in [2.05, 4.69) is 0 Å². The Morgan fingerprint density at radius 1 is 1.36 bits per heavy atom. The van der Waals surface area contributed by atoms with E-state index in [0.29, 0.717) is 25.1 Å². The van der Waals surface area contributed by atoms with Crippen LogP contribution < -0.4 is 0 Å². The molecule has 1 heterocycles. The highest BCUT2D eigenvalue weighted by molar-refractivity contribution is 5.94. The number of nitrogens with zero attached hydrogens (tertiary/aromatic N) is 1. The van der Waals surface area contributed by atoms with Gasteiger partial charge in [-0.05, 0) is 18.6 Å². The molecule has 1 saturated heterocycles. The number of hydrogen-bond donors (Lipinski definition) is 1. The summed E-state index contributed by atoms with van der Waals surface area (Å²) in [4.78, 5) is 13.5. The van der Waals surface area contributed by atoms with Gasteiger partial charge in [-0.25, -0.2) is 0 Å². The third-order valence-corrected chi connectivity index (χ3v) is 2.47. The summed E-state index contributed by atoms with van der Waals surface area (Å²) in [5.41, 5.74) is 0.696. The van der Waals surface area contributed by atoms with E-state index >= 15 is 0 Å². The van der Waals surface area contributed by atoms with Crippen LogP contribution in [0.15, 0.2) is 30.3 Å². The van der Waals surface area contributed by atoms with Gasteiger partial charge in [0, 0.05) is 18.7 Å². The van der Waals surface area contributed by atoms with Crippen LogP contribution in [0.5, 0.6) is 0 Å². The second kappa shape index (κ2) is 3.80. The van der Waals surface area contributed by atoms with E-state index in [1.807, 2.05) is 18.2 Å². The van der Waals surface area contributed by atoms with Crippen molar-refractivity contribution in [1.29, 1.82) is 0 Å². The maximum absolute atomic E-state index is 11.8. The molecule has 1 N–H and O–H groups in total. The lowest BCUT2D eigenvalue weighted by molar-refractivity contribution is 0.0765.